The van der Waals surface area contributed by atoms with Gasteiger partial charge in [-0.3, -0.25) is 0 Å². The number of nitriles is 1. The van der Waals surface area contributed by atoms with E-state index in [-0.39, 0.29) is 0 Å². The molecule has 0 bridgehead atoms. The van der Waals surface area contributed by atoms with E-state index in [0.717, 1.165) is 0 Å². The van der Waals surface area contributed by atoms with Gasteiger partial charge in [0.15, 0.2) is 0 Å². The predicted octanol–water partition coefficient (Wildman–Crippen LogP) is -0.824. The smallest absolute Gasteiger partial charge is 0.415 e. The van der Waals surface area contributed by atoms with Gasteiger partial charge in [0.2, 0.25) is 0 Å². The van der Waals surface area contributed by atoms with E-state index in [1.807, 2.05) is 0 Å². The Hall–Kier alpha value is -0.525. The summed E-state index contributed by atoms with van der Waals surface area (Å²) in [5, 5.41) is 15.8. The molecule has 0 fully saturated rings. The van der Waals surface area contributed by atoms with Gasteiger partial charge in [0.25, 0.3) is 0 Å². The highest BCUT2D eigenvalue weighted by molar-refractivity contribution is 6.52. The van der Waals surface area contributed by atoms with Crippen LogP contribution in [0.15, 0.2) is 0 Å². The zero-order valence-corrected chi connectivity index (χ0v) is 3.38. The van der Waals surface area contributed by atoms with Crippen LogP contribution in [-0.2, 0) is 4.65 Å². The van der Waals surface area contributed by atoms with Gasteiger partial charge in [-0.15, -0.1) is 0 Å². The Bertz CT molecular complexity index is 68.4. The average molecular weight is 84.9 g/mol. The van der Waals surface area contributed by atoms with Crippen molar-refractivity contribution in [2.75, 3.05) is 7.11 Å². The summed E-state index contributed by atoms with van der Waals surface area (Å²) >= 11 is 0. The normalized spacial score (nSPS) is 6.83. The van der Waals surface area contributed by atoms with Crippen LogP contribution in [0, 0.1) is 11.2 Å². The van der Waals surface area contributed by atoms with Crippen molar-refractivity contribution in [2.45, 2.75) is 0 Å². The number of hydrogen-bond donors (Lipinski definition) is 1. The molecule has 0 aliphatic rings. The Balaban J connectivity index is 3.04. The summed E-state index contributed by atoms with van der Waals surface area (Å²) in [6.07, 6.45) is 0. The van der Waals surface area contributed by atoms with Gasteiger partial charge in [-0.25, -0.2) is 5.26 Å². The van der Waals surface area contributed by atoms with Gasteiger partial charge < -0.3 is 9.68 Å². The molecule has 0 aromatic rings. The third kappa shape index (κ3) is 1.76. The lowest BCUT2D eigenvalue weighted by Crippen LogP contribution is -2.10. The highest BCUT2D eigenvalue weighted by atomic mass is 16.5. The average Bonchev–Trinajstić information content (AvgIpc) is 1.65. The maximum Gasteiger partial charge on any atom is 0.575 e. The lowest BCUT2D eigenvalue weighted by molar-refractivity contribution is 0.342. The fraction of sp³-hybridized carbons (Fsp3) is 0.500. The standard InChI is InChI=1S/C2H4BNO2/c1-6-3(5)2-4/h5H,1H3. The van der Waals surface area contributed by atoms with Gasteiger partial charge in [0.05, 0.1) is 5.97 Å². The highest BCUT2D eigenvalue weighted by Crippen LogP contribution is 1.66. The molecule has 0 atom stereocenters. The summed E-state index contributed by atoms with van der Waals surface area (Å²) in [7, 11) is -0.00144. The van der Waals surface area contributed by atoms with Crippen LogP contribution in [0.1, 0.15) is 0 Å². The van der Waals surface area contributed by atoms with Crippen molar-refractivity contribution < 1.29 is 9.68 Å². The van der Waals surface area contributed by atoms with E-state index >= 15 is 0 Å². The van der Waals surface area contributed by atoms with Crippen molar-refractivity contribution in [3.63, 3.8) is 0 Å². The van der Waals surface area contributed by atoms with E-state index < -0.39 is 7.12 Å². The summed E-state index contributed by atoms with van der Waals surface area (Å²) < 4.78 is 4.09. The maximum atomic E-state index is 8.08. The molecule has 0 aliphatic heterocycles. The molecule has 32 valence electrons. The Morgan fingerprint density at radius 2 is 2.50 bits per heavy atom. The Labute approximate surface area is 36.3 Å². The first-order valence-corrected chi connectivity index (χ1v) is 1.41. The molecular formula is C2H4BNO2. The second-order valence-corrected chi connectivity index (χ2v) is 0.717. The SMILES string of the molecule is COB(O)C#N. The molecule has 0 saturated carbocycles. The zero-order chi connectivity index (χ0) is 4.99. The fourth-order valence-electron chi connectivity index (χ4n) is 0.0527. The van der Waals surface area contributed by atoms with E-state index in [0.29, 0.717) is 0 Å². The molecule has 6 heavy (non-hydrogen) atoms. The molecule has 0 radical (unpaired) electrons. The fourth-order valence-corrected chi connectivity index (χ4v) is 0.0527. The third-order valence-electron chi connectivity index (χ3n) is 0.334. The second-order valence-electron chi connectivity index (χ2n) is 0.717. The van der Waals surface area contributed by atoms with Crippen molar-refractivity contribution in [3.8, 4) is 5.97 Å². The summed E-state index contributed by atoms with van der Waals surface area (Å²) in [6, 6.07) is 0. The van der Waals surface area contributed by atoms with Crippen LogP contribution in [-0.4, -0.2) is 19.3 Å². The zero-order valence-electron chi connectivity index (χ0n) is 3.38. The number of rotatable bonds is 1. The molecule has 0 heterocycles. The molecule has 0 amide bonds. The predicted molar refractivity (Wildman–Crippen MR) is 20.6 cm³/mol. The minimum Gasteiger partial charge on any atom is -0.415 e. The van der Waals surface area contributed by atoms with E-state index in [9.17, 15) is 0 Å². The van der Waals surface area contributed by atoms with Crippen LogP contribution in [0.5, 0.6) is 0 Å². The Kier molecular flexibility index (Phi) is 2.46. The van der Waals surface area contributed by atoms with Gasteiger partial charge in [-0.1, -0.05) is 0 Å². The second kappa shape index (κ2) is 2.70. The van der Waals surface area contributed by atoms with Crippen LogP contribution in [0.3, 0.4) is 0 Å². The molecule has 0 aliphatic carbocycles. The molecular weight excluding hydrogens is 80.8 g/mol. The van der Waals surface area contributed by atoms with E-state index in [4.69, 9.17) is 10.3 Å². The van der Waals surface area contributed by atoms with Gasteiger partial charge in [-0.05, 0) is 0 Å². The van der Waals surface area contributed by atoms with Crippen molar-refractivity contribution in [1.82, 2.24) is 0 Å². The van der Waals surface area contributed by atoms with Crippen LogP contribution in [0.4, 0.5) is 0 Å². The number of hydrogen-bond acceptors (Lipinski definition) is 3. The minimum absolute atomic E-state index is 1.26. The van der Waals surface area contributed by atoms with Crippen LogP contribution in [0.25, 0.3) is 0 Å². The quantitative estimate of drug-likeness (QED) is 0.423. The highest BCUT2D eigenvalue weighted by Gasteiger charge is 2.05. The summed E-state index contributed by atoms with van der Waals surface area (Å²) in [6.45, 7) is 0. The summed E-state index contributed by atoms with van der Waals surface area (Å²) in [4.78, 5) is 0. The van der Waals surface area contributed by atoms with Crippen molar-refractivity contribution in [3.05, 3.63) is 0 Å². The Morgan fingerprint density at radius 1 is 2.00 bits per heavy atom. The molecule has 0 rings (SSSR count). The monoisotopic (exact) mass is 85.0 g/mol. The van der Waals surface area contributed by atoms with Gasteiger partial charge in [0.1, 0.15) is 0 Å². The van der Waals surface area contributed by atoms with Gasteiger partial charge >= 0.3 is 7.12 Å². The lowest BCUT2D eigenvalue weighted by atomic mass is 9.96. The van der Waals surface area contributed by atoms with Crippen molar-refractivity contribution in [1.29, 1.82) is 5.26 Å². The molecule has 0 aromatic carbocycles. The summed E-state index contributed by atoms with van der Waals surface area (Å²) in [5.41, 5.74) is 0. The first-order chi connectivity index (χ1) is 2.81. The molecule has 3 nitrogen and oxygen atoms in total. The molecule has 0 spiro atoms. The van der Waals surface area contributed by atoms with Crippen molar-refractivity contribution in [2.24, 2.45) is 0 Å². The first kappa shape index (κ1) is 5.47. The molecule has 4 heteroatoms. The molecule has 0 unspecified atom stereocenters. The van der Waals surface area contributed by atoms with Gasteiger partial charge in [-0.2, -0.15) is 0 Å². The number of nitrogens with zero attached hydrogens (tertiary/aromatic N) is 1. The lowest BCUT2D eigenvalue weighted by Gasteiger charge is -1.83. The minimum atomic E-state index is -1.26. The van der Waals surface area contributed by atoms with E-state index in [1.165, 1.54) is 13.1 Å². The molecule has 0 saturated heterocycles. The first-order valence-electron chi connectivity index (χ1n) is 1.41. The maximum absolute atomic E-state index is 8.08. The topological polar surface area (TPSA) is 53.2 Å². The van der Waals surface area contributed by atoms with E-state index in [1.54, 1.807) is 0 Å². The van der Waals surface area contributed by atoms with Gasteiger partial charge in [0, 0.05) is 7.11 Å². The van der Waals surface area contributed by atoms with Crippen molar-refractivity contribution >= 4 is 7.12 Å². The molecule has 0 aromatic heterocycles. The van der Waals surface area contributed by atoms with E-state index in [2.05, 4.69) is 4.65 Å². The largest absolute Gasteiger partial charge is 0.575 e. The molecule has 1 N–H and O–H groups in total. The van der Waals surface area contributed by atoms with Crippen LogP contribution >= 0.6 is 0 Å². The van der Waals surface area contributed by atoms with Crippen LogP contribution in [0.2, 0.25) is 0 Å². The van der Waals surface area contributed by atoms with Crippen LogP contribution < -0.4 is 0 Å². The third-order valence-corrected chi connectivity index (χ3v) is 0.334. The Morgan fingerprint density at radius 3 is 2.50 bits per heavy atom. The summed E-state index contributed by atoms with van der Waals surface area (Å²) in [5.74, 6) is 1.45.